The van der Waals surface area contributed by atoms with E-state index in [0.717, 1.165) is 24.0 Å². The summed E-state index contributed by atoms with van der Waals surface area (Å²) in [6, 6.07) is 9.58. The Morgan fingerprint density at radius 1 is 1.27 bits per heavy atom. The molecular formula is C19H28N2O. The molecule has 2 aliphatic rings. The first kappa shape index (κ1) is 15.5. The van der Waals surface area contributed by atoms with Gasteiger partial charge in [0, 0.05) is 23.7 Å². The van der Waals surface area contributed by atoms with Crippen molar-refractivity contribution in [2.24, 2.45) is 0 Å². The number of hydrogen-bond acceptors (Lipinski definition) is 2. The van der Waals surface area contributed by atoms with Crippen molar-refractivity contribution in [3.63, 3.8) is 0 Å². The molecule has 22 heavy (non-hydrogen) atoms. The Balaban J connectivity index is 1.63. The molecule has 0 aliphatic carbocycles. The summed E-state index contributed by atoms with van der Waals surface area (Å²) in [6.45, 7) is 5.51. The van der Waals surface area contributed by atoms with Crippen LogP contribution in [0.3, 0.4) is 0 Å². The molecule has 3 heteroatoms. The average Bonchev–Trinajstić information content (AvgIpc) is 2.48. The van der Waals surface area contributed by atoms with Crippen molar-refractivity contribution in [2.75, 3.05) is 6.54 Å². The largest absolute Gasteiger partial charge is 0.349 e. The number of amides is 1. The fourth-order valence-electron chi connectivity index (χ4n) is 4.27. The van der Waals surface area contributed by atoms with Gasteiger partial charge in [-0.3, -0.25) is 9.69 Å². The number of nitrogens with one attached hydrogen (secondary N) is 1. The number of piperidine rings is 2. The van der Waals surface area contributed by atoms with Gasteiger partial charge in [-0.1, -0.05) is 31.0 Å². The van der Waals surface area contributed by atoms with Crippen molar-refractivity contribution in [2.45, 2.75) is 70.5 Å². The fourth-order valence-corrected chi connectivity index (χ4v) is 4.27. The number of carbonyl (C=O) groups excluding carboxylic acids is 1. The van der Waals surface area contributed by atoms with Gasteiger partial charge in [-0.25, -0.2) is 0 Å². The van der Waals surface area contributed by atoms with Crippen LogP contribution in [0.25, 0.3) is 0 Å². The lowest BCUT2D eigenvalue weighted by Gasteiger charge is -2.49. The summed E-state index contributed by atoms with van der Waals surface area (Å²) in [7, 11) is 0. The van der Waals surface area contributed by atoms with Crippen molar-refractivity contribution >= 4 is 5.91 Å². The number of benzene rings is 1. The first-order valence-corrected chi connectivity index (χ1v) is 8.80. The van der Waals surface area contributed by atoms with Crippen molar-refractivity contribution in [1.82, 2.24) is 10.2 Å². The number of aryl methyl sites for hydroxylation is 1. The van der Waals surface area contributed by atoms with E-state index in [9.17, 15) is 4.79 Å². The molecule has 1 aromatic rings. The summed E-state index contributed by atoms with van der Waals surface area (Å²) in [5, 5.41) is 3.29. The molecule has 2 bridgehead atoms. The average molecular weight is 300 g/mol. The number of rotatable bonds is 4. The van der Waals surface area contributed by atoms with E-state index in [0.29, 0.717) is 18.1 Å². The van der Waals surface area contributed by atoms with Gasteiger partial charge in [0.1, 0.15) is 0 Å². The molecule has 1 aromatic carbocycles. The minimum absolute atomic E-state index is 0.0933. The van der Waals surface area contributed by atoms with Gasteiger partial charge in [0.05, 0.1) is 0 Å². The Morgan fingerprint density at radius 3 is 2.64 bits per heavy atom. The lowest BCUT2D eigenvalue weighted by atomic mass is 9.81. The lowest BCUT2D eigenvalue weighted by molar-refractivity contribution is 0.0245. The van der Waals surface area contributed by atoms with E-state index in [2.05, 4.69) is 17.1 Å². The van der Waals surface area contributed by atoms with E-state index in [1.807, 2.05) is 31.2 Å². The third-order valence-electron chi connectivity index (χ3n) is 5.22. The molecule has 2 saturated heterocycles. The smallest absolute Gasteiger partial charge is 0.251 e. The van der Waals surface area contributed by atoms with Crippen LogP contribution in [-0.4, -0.2) is 35.5 Å². The molecule has 120 valence electrons. The van der Waals surface area contributed by atoms with Crippen LogP contribution in [0.15, 0.2) is 24.3 Å². The summed E-state index contributed by atoms with van der Waals surface area (Å²) in [5.41, 5.74) is 1.93. The summed E-state index contributed by atoms with van der Waals surface area (Å²) < 4.78 is 0. The first-order chi connectivity index (χ1) is 10.7. The molecule has 2 fully saturated rings. The first-order valence-electron chi connectivity index (χ1n) is 8.80. The third-order valence-corrected chi connectivity index (χ3v) is 5.22. The van der Waals surface area contributed by atoms with E-state index in [-0.39, 0.29) is 5.91 Å². The maximum atomic E-state index is 12.5. The predicted molar refractivity (Wildman–Crippen MR) is 90.1 cm³/mol. The van der Waals surface area contributed by atoms with Crippen LogP contribution in [0.4, 0.5) is 0 Å². The minimum atomic E-state index is 0.0933. The molecular weight excluding hydrogens is 272 g/mol. The van der Waals surface area contributed by atoms with Gasteiger partial charge in [0.15, 0.2) is 0 Å². The zero-order valence-electron chi connectivity index (χ0n) is 13.8. The van der Waals surface area contributed by atoms with Gasteiger partial charge in [0.25, 0.3) is 5.91 Å². The molecule has 1 amide bonds. The van der Waals surface area contributed by atoms with E-state index in [4.69, 9.17) is 0 Å². The zero-order chi connectivity index (χ0) is 15.5. The van der Waals surface area contributed by atoms with Gasteiger partial charge in [-0.15, -0.1) is 0 Å². The van der Waals surface area contributed by atoms with Crippen LogP contribution in [0.5, 0.6) is 0 Å². The van der Waals surface area contributed by atoms with Crippen molar-refractivity contribution in [1.29, 1.82) is 0 Å². The van der Waals surface area contributed by atoms with Gasteiger partial charge in [0.2, 0.25) is 0 Å². The Hall–Kier alpha value is -1.35. The van der Waals surface area contributed by atoms with E-state index < -0.39 is 0 Å². The Morgan fingerprint density at radius 2 is 2.00 bits per heavy atom. The second-order valence-corrected chi connectivity index (χ2v) is 6.99. The van der Waals surface area contributed by atoms with E-state index in [1.54, 1.807) is 0 Å². The molecule has 0 saturated carbocycles. The Bertz CT molecular complexity index is 514. The second kappa shape index (κ2) is 6.82. The van der Waals surface area contributed by atoms with Crippen LogP contribution in [0.2, 0.25) is 0 Å². The van der Waals surface area contributed by atoms with Gasteiger partial charge < -0.3 is 5.32 Å². The topological polar surface area (TPSA) is 32.3 Å². The highest BCUT2D eigenvalue weighted by Gasteiger charge is 2.38. The number of nitrogens with zero attached hydrogens (tertiary/aromatic N) is 1. The molecule has 1 N–H and O–H groups in total. The van der Waals surface area contributed by atoms with E-state index in [1.165, 1.54) is 32.2 Å². The monoisotopic (exact) mass is 300 g/mol. The minimum Gasteiger partial charge on any atom is -0.349 e. The molecule has 2 heterocycles. The van der Waals surface area contributed by atoms with Gasteiger partial charge >= 0.3 is 0 Å². The Labute approximate surface area is 134 Å². The molecule has 3 nitrogen and oxygen atoms in total. The van der Waals surface area contributed by atoms with Crippen molar-refractivity contribution < 1.29 is 4.79 Å². The predicted octanol–water partition coefficient (Wildman–Crippen LogP) is 3.52. The summed E-state index contributed by atoms with van der Waals surface area (Å²) in [4.78, 5) is 15.2. The molecule has 0 unspecified atom stereocenters. The number of fused-ring (bicyclic) bond motifs is 2. The van der Waals surface area contributed by atoms with Crippen LogP contribution >= 0.6 is 0 Å². The maximum Gasteiger partial charge on any atom is 0.251 e. The zero-order valence-corrected chi connectivity index (χ0v) is 13.8. The molecule has 0 aromatic heterocycles. The van der Waals surface area contributed by atoms with Crippen LogP contribution in [0.1, 0.15) is 61.4 Å². The van der Waals surface area contributed by atoms with Gasteiger partial charge in [-0.2, -0.15) is 0 Å². The highest BCUT2D eigenvalue weighted by atomic mass is 16.1. The quantitative estimate of drug-likeness (QED) is 0.922. The number of carbonyl (C=O) groups is 1. The maximum absolute atomic E-state index is 12.5. The summed E-state index contributed by atoms with van der Waals surface area (Å²) >= 11 is 0. The third kappa shape index (κ3) is 3.35. The molecule has 3 rings (SSSR count). The standard InChI is InChI=1S/C19H28N2O/c1-3-10-21-17-8-5-9-18(21)13-16(12-17)20-19(22)15-7-4-6-14(2)11-15/h4,6-7,11,16-18H,3,5,8-10,12-13H2,1-2H3,(H,20,22)/t17-,18-/m1/s1. The summed E-state index contributed by atoms with van der Waals surface area (Å²) in [5.74, 6) is 0.0933. The molecule has 0 spiro atoms. The summed E-state index contributed by atoms with van der Waals surface area (Å²) in [6.07, 6.45) is 7.42. The van der Waals surface area contributed by atoms with Crippen LogP contribution in [-0.2, 0) is 0 Å². The van der Waals surface area contributed by atoms with E-state index >= 15 is 0 Å². The highest BCUT2D eigenvalue weighted by molar-refractivity contribution is 5.94. The normalized spacial score (nSPS) is 28.4. The molecule has 2 aliphatic heterocycles. The highest BCUT2D eigenvalue weighted by Crippen LogP contribution is 2.34. The van der Waals surface area contributed by atoms with Crippen LogP contribution in [0, 0.1) is 6.92 Å². The van der Waals surface area contributed by atoms with Crippen molar-refractivity contribution in [3.05, 3.63) is 35.4 Å². The molecule has 2 atom stereocenters. The van der Waals surface area contributed by atoms with Crippen molar-refractivity contribution in [3.8, 4) is 0 Å². The lowest BCUT2D eigenvalue weighted by Crippen LogP contribution is -2.57. The Kier molecular flexibility index (Phi) is 4.82. The van der Waals surface area contributed by atoms with Gasteiger partial charge in [-0.05, 0) is 57.7 Å². The number of hydrogen-bond donors (Lipinski definition) is 1. The van der Waals surface area contributed by atoms with Crippen LogP contribution < -0.4 is 5.32 Å². The molecule has 0 radical (unpaired) electrons. The second-order valence-electron chi connectivity index (χ2n) is 6.99. The SMILES string of the molecule is CCCN1[C@@H]2CCC[C@@H]1CC(NC(=O)c1cccc(C)c1)C2. The fraction of sp³-hybridized carbons (Fsp3) is 0.632.